The number of hydrogen-bond acceptors (Lipinski definition) is 3. The van der Waals surface area contributed by atoms with Crippen molar-refractivity contribution in [3.63, 3.8) is 0 Å². The second kappa shape index (κ2) is 8.79. The molecule has 0 spiro atoms. The topological polar surface area (TPSA) is 26.7 Å². The van der Waals surface area contributed by atoms with Crippen molar-refractivity contribution < 1.29 is 5.11 Å². The van der Waals surface area contributed by atoms with E-state index < -0.39 is 0 Å². The van der Waals surface area contributed by atoms with Crippen LogP contribution in [0.1, 0.15) is 37.7 Å². The SMILES string of the molecule is O[C@H]1CCCC[C@@H]1N1CCN(CCCc2ccc([125I])cc2)CC1. The molecule has 1 aromatic rings. The highest BCUT2D eigenvalue weighted by Gasteiger charge is 2.30. The molecule has 1 N–H and O–H groups in total. The molecule has 0 amide bonds. The summed E-state index contributed by atoms with van der Waals surface area (Å²) >= 11 is 2.36. The number of hydrogen-bond donors (Lipinski definition) is 1. The Hall–Kier alpha value is -0.170. The summed E-state index contributed by atoms with van der Waals surface area (Å²) in [7, 11) is 0. The average Bonchev–Trinajstić information content (AvgIpc) is 2.58. The number of aryl methyl sites for hydroxylation is 1. The molecule has 128 valence electrons. The minimum Gasteiger partial charge on any atom is -0.391 e. The van der Waals surface area contributed by atoms with Crippen LogP contribution in [-0.2, 0) is 6.42 Å². The van der Waals surface area contributed by atoms with Gasteiger partial charge in [0.15, 0.2) is 0 Å². The summed E-state index contributed by atoms with van der Waals surface area (Å²) in [6, 6.07) is 9.33. The summed E-state index contributed by atoms with van der Waals surface area (Å²) in [6.07, 6.45) is 7.02. The monoisotopic (exact) mass is 426 g/mol. The van der Waals surface area contributed by atoms with Gasteiger partial charge < -0.3 is 10.0 Å². The summed E-state index contributed by atoms with van der Waals surface area (Å²) in [4.78, 5) is 5.14. The van der Waals surface area contributed by atoms with Gasteiger partial charge in [-0.25, -0.2) is 0 Å². The molecule has 0 radical (unpaired) electrons. The summed E-state index contributed by atoms with van der Waals surface area (Å²) < 4.78 is 1.31. The maximum absolute atomic E-state index is 10.2. The molecule has 0 unspecified atom stereocenters. The van der Waals surface area contributed by atoms with Crippen molar-refractivity contribution in [2.75, 3.05) is 32.7 Å². The van der Waals surface area contributed by atoms with Gasteiger partial charge in [0.25, 0.3) is 0 Å². The van der Waals surface area contributed by atoms with Gasteiger partial charge in [0.2, 0.25) is 0 Å². The van der Waals surface area contributed by atoms with Crippen LogP contribution in [0, 0.1) is 3.57 Å². The molecule has 0 bridgehead atoms. The molecule has 1 aromatic carbocycles. The minimum atomic E-state index is -0.0869. The molecule has 1 aliphatic heterocycles. The molecule has 3 nitrogen and oxygen atoms in total. The molecule has 3 rings (SSSR count). The van der Waals surface area contributed by atoms with Gasteiger partial charge in [0.05, 0.1) is 6.10 Å². The fraction of sp³-hybridized carbons (Fsp3) is 0.684. The lowest BCUT2D eigenvalue weighted by Gasteiger charge is -2.42. The van der Waals surface area contributed by atoms with Crippen LogP contribution in [0.15, 0.2) is 24.3 Å². The highest BCUT2D eigenvalue weighted by atomic mass is 125. The molecular formula is C19H29IN2O. The van der Waals surface area contributed by atoms with E-state index in [0.29, 0.717) is 6.04 Å². The quantitative estimate of drug-likeness (QED) is 0.733. The Morgan fingerprint density at radius 3 is 2.39 bits per heavy atom. The van der Waals surface area contributed by atoms with Gasteiger partial charge in [-0.3, -0.25) is 4.90 Å². The molecule has 0 aromatic heterocycles. The lowest BCUT2D eigenvalue weighted by atomic mass is 9.91. The van der Waals surface area contributed by atoms with E-state index in [1.54, 1.807) is 0 Å². The summed E-state index contributed by atoms with van der Waals surface area (Å²) in [6.45, 7) is 5.79. The first-order chi connectivity index (χ1) is 11.2. The van der Waals surface area contributed by atoms with Crippen LogP contribution >= 0.6 is 22.6 Å². The molecular weight excluding hydrogens is 397 g/mol. The second-order valence-corrected chi connectivity index (χ2v) is 8.27. The standard InChI is InChI=1S/C19H29IN2O/c20-17-9-7-16(8-10-17)4-3-11-21-12-14-22(15-13-21)18-5-1-2-6-19(18)23/h7-10,18-19,23H,1-6,11-15H2/t18-,19-/m0/s1/i20-2. The Labute approximate surface area is 154 Å². The number of benzene rings is 1. The number of piperazine rings is 1. The van der Waals surface area contributed by atoms with Gasteiger partial charge in [-0.05, 0) is 72.5 Å². The average molecular weight is 426 g/mol. The molecule has 2 fully saturated rings. The van der Waals surface area contributed by atoms with E-state index in [-0.39, 0.29) is 6.10 Å². The van der Waals surface area contributed by atoms with Gasteiger partial charge in [-0.2, -0.15) is 0 Å². The molecule has 1 heterocycles. The summed E-state index contributed by atoms with van der Waals surface area (Å²) in [5.41, 5.74) is 1.45. The van der Waals surface area contributed by atoms with Crippen molar-refractivity contribution in [3.05, 3.63) is 33.4 Å². The zero-order valence-corrected chi connectivity index (χ0v) is 16.1. The molecule has 2 atom stereocenters. The molecule has 1 saturated heterocycles. The van der Waals surface area contributed by atoms with Crippen molar-refractivity contribution in [1.29, 1.82) is 0 Å². The Morgan fingerprint density at radius 1 is 1.00 bits per heavy atom. The van der Waals surface area contributed by atoms with Gasteiger partial charge in [0.1, 0.15) is 0 Å². The zero-order chi connectivity index (χ0) is 16.1. The Kier molecular flexibility index (Phi) is 6.74. The Bertz CT molecular complexity index is 471. The number of nitrogens with zero attached hydrogens (tertiary/aromatic N) is 2. The molecule has 2 aliphatic rings. The van der Waals surface area contributed by atoms with Crippen LogP contribution in [0.5, 0.6) is 0 Å². The van der Waals surface area contributed by atoms with E-state index >= 15 is 0 Å². The van der Waals surface area contributed by atoms with E-state index in [2.05, 4.69) is 56.7 Å². The number of halogens is 1. The van der Waals surface area contributed by atoms with Crippen LogP contribution in [-0.4, -0.2) is 59.8 Å². The van der Waals surface area contributed by atoms with Crippen LogP contribution < -0.4 is 0 Å². The number of aliphatic hydroxyl groups is 1. The van der Waals surface area contributed by atoms with Crippen LogP contribution in [0.2, 0.25) is 0 Å². The predicted octanol–water partition coefficient (Wildman–Crippen LogP) is 3.14. The lowest BCUT2D eigenvalue weighted by Crippen LogP contribution is -2.54. The van der Waals surface area contributed by atoms with Crippen molar-refractivity contribution in [2.24, 2.45) is 0 Å². The largest absolute Gasteiger partial charge is 0.391 e. The fourth-order valence-corrected chi connectivity index (χ4v) is 4.35. The van der Waals surface area contributed by atoms with Crippen LogP contribution in [0.25, 0.3) is 0 Å². The van der Waals surface area contributed by atoms with Gasteiger partial charge in [-0.15, -0.1) is 0 Å². The fourth-order valence-electron chi connectivity index (χ4n) is 3.99. The Balaban J connectivity index is 1.36. The lowest BCUT2D eigenvalue weighted by molar-refractivity contribution is -0.00358. The first-order valence-electron chi connectivity index (χ1n) is 9.11. The smallest absolute Gasteiger partial charge is 0.0695 e. The third-order valence-electron chi connectivity index (χ3n) is 5.42. The van der Waals surface area contributed by atoms with Gasteiger partial charge >= 0.3 is 0 Å². The number of aliphatic hydroxyl groups excluding tert-OH is 1. The van der Waals surface area contributed by atoms with E-state index in [4.69, 9.17) is 0 Å². The van der Waals surface area contributed by atoms with Crippen LogP contribution in [0.3, 0.4) is 0 Å². The van der Waals surface area contributed by atoms with E-state index in [1.807, 2.05) is 0 Å². The third-order valence-corrected chi connectivity index (χ3v) is 6.14. The summed E-state index contributed by atoms with van der Waals surface area (Å²) in [5.74, 6) is 0. The van der Waals surface area contributed by atoms with Crippen molar-refractivity contribution >= 4 is 22.6 Å². The second-order valence-electron chi connectivity index (χ2n) is 7.03. The van der Waals surface area contributed by atoms with E-state index in [0.717, 1.165) is 32.6 Å². The zero-order valence-electron chi connectivity index (χ0n) is 14.0. The maximum Gasteiger partial charge on any atom is 0.0695 e. The van der Waals surface area contributed by atoms with Crippen molar-refractivity contribution in [1.82, 2.24) is 9.80 Å². The highest BCUT2D eigenvalue weighted by Crippen LogP contribution is 2.24. The number of rotatable bonds is 5. The van der Waals surface area contributed by atoms with Crippen molar-refractivity contribution in [2.45, 2.75) is 50.7 Å². The van der Waals surface area contributed by atoms with Gasteiger partial charge in [0, 0.05) is 35.8 Å². The van der Waals surface area contributed by atoms with Gasteiger partial charge in [-0.1, -0.05) is 25.0 Å². The first-order valence-corrected chi connectivity index (χ1v) is 10.2. The van der Waals surface area contributed by atoms with E-state index in [1.165, 1.54) is 47.8 Å². The Morgan fingerprint density at radius 2 is 1.70 bits per heavy atom. The molecule has 23 heavy (non-hydrogen) atoms. The molecule has 4 heteroatoms. The predicted molar refractivity (Wildman–Crippen MR) is 104 cm³/mol. The van der Waals surface area contributed by atoms with Crippen LogP contribution in [0.4, 0.5) is 0 Å². The highest BCUT2D eigenvalue weighted by molar-refractivity contribution is 14.1. The summed E-state index contributed by atoms with van der Waals surface area (Å²) in [5, 5.41) is 10.2. The van der Waals surface area contributed by atoms with E-state index in [9.17, 15) is 5.11 Å². The normalized spacial score (nSPS) is 27.2. The maximum atomic E-state index is 10.2. The third kappa shape index (κ3) is 5.15. The minimum absolute atomic E-state index is 0.0869. The molecule has 1 saturated carbocycles. The molecule has 1 aliphatic carbocycles. The van der Waals surface area contributed by atoms with Crippen molar-refractivity contribution in [3.8, 4) is 0 Å². The first kappa shape index (κ1) is 17.6.